The molecule has 2 N–H and O–H groups in total. The molecule has 0 bridgehead atoms. The third-order valence-electron chi connectivity index (χ3n) is 4.37. The molecule has 148 valence electrons. The highest BCUT2D eigenvalue weighted by Gasteiger charge is 2.16. The molecule has 2 aromatic rings. The van der Waals surface area contributed by atoms with Gasteiger partial charge in [-0.25, -0.2) is 4.79 Å². The van der Waals surface area contributed by atoms with Crippen LogP contribution in [0, 0.1) is 0 Å². The van der Waals surface area contributed by atoms with Crippen molar-refractivity contribution < 1.29 is 19.1 Å². The van der Waals surface area contributed by atoms with Crippen LogP contribution in [0.15, 0.2) is 48.5 Å². The van der Waals surface area contributed by atoms with E-state index in [1.807, 2.05) is 43.3 Å². The molecule has 3 amide bonds. The normalized spacial score (nSPS) is 12.2. The average molecular weight is 383 g/mol. The van der Waals surface area contributed by atoms with Gasteiger partial charge >= 0.3 is 6.03 Å². The molecule has 0 radical (unpaired) electrons. The summed E-state index contributed by atoms with van der Waals surface area (Å²) in [5, 5.41) is 5.44. The van der Waals surface area contributed by atoms with Gasteiger partial charge in [-0.3, -0.25) is 4.79 Å². The molecule has 7 heteroatoms. The van der Waals surface area contributed by atoms with Crippen LogP contribution in [0.25, 0.3) is 0 Å². The summed E-state index contributed by atoms with van der Waals surface area (Å²) >= 11 is 0. The molecule has 1 heterocycles. The van der Waals surface area contributed by atoms with Gasteiger partial charge in [0.05, 0.1) is 0 Å². The summed E-state index contributed by atoms with van der Waals surface area (Å²) in [6.45, 7) is 4.37. The number of amides is 3. The highest BCUT2D eigenvalue weighted by atomic mass is 16.6. The highest BCUT2D eigenvalue weighted by molar-refractivity contribution is 5.89. The third-order valence-corrected chi connectivity index (χ3v) is 4.37. The Hall–Kier alpha value is -3.22. The molecule has 0 saturated heterocycles. The van der Waals surface area contributed by atoms with E-state index in [4.69, 9.17) is 9.47 Å². The van der Waals surface area contributed by atoms with Crippen molar-refractivity contribution in [2.45, 2.75) is 19.9 Å². The molecule has 0 spiro atoms. The van der Waals surface area contributed by atoms with Gasteiger partial charge in [-0.2, -0.15) is 0 Å². The number of nitrogens with zero attached hydrogens (tertiary/aromatic N) is 1. The zero-order valence-electron chi connectivity index (χ0n) is 15.9. The molecule has 0 aliphatic carbocycles. The summed E-state index contributed by atoms with van der Waals surface area (Å²) in [6.07, 6.45) is 0.237. The monoisotopic (exact) mass is 383 g/mol. The van der Waals surface area contributed by atoms with E-state index in [-0.39, 0.29) is 24.9 Å². The number of carbonyl (C=O) groups excluding carboxylic acids is 2. The predicted octanol–water partition coefficient (Wildman–Crippen LogP) is 3.02. The maximum atomic E-state index is 12.5. The topological polar surface area (TPSA) is 79.9 Å². The van der Waals surface area contributed by atoms with Crippen LogP contribution in [-0.2, 0) is 11.3 Å². The van der Waals surface area contributed by atoms with Crippen LogP contribution in [0.2, 0.25) is 0 Å². The van der Waals surface area contributed by atoms with Crippen molar-refractivity contribution in [1.82, 2.24) is 10.2 Å². The van der Waals surface area contributed by atoms with Gasteiger partial charge in [-0.15, -0.1) is 0 Å². The maximum Gasteiger partial charge on any atom is 0.319 e. The minimum atomic E-state index is -0.325. The highest BCUT2D eigenvalue weighted by Crippen LogP contribution is 2.31. The Kier molecular flexibility index (Phi) is 6.73. The Bertz CT molecular complexity index is 811. The number of ether oxygens (including phenoxy) is 2. The van der Waals surface area contributed by atoms with E-state index in [2.05, 4.69) is 10.6 Å². The van der Waals surface area contributed by atoms with E-state index in [0.717, 1.165) is 11.3 Å². The van der Waals surface area contributed by atoms with Crippen molar-refractivity contribution >= 4 is 17.6 Å². The number of benzene rings is 2. The van der Waals surface area contributed by atoms with Crippen LogP contribution < -0.4 is 20.1 Å². The molecule has 3 rings (SSSR count). The summed E-state index contributed by atoms with van der Waals surface area (Å²) in [5.74, 6) is 1.43. The lowest BCUT2D eigenvalue weighted by atomic mass is 10.1. The quantitative estimate of drug-likeness (QED) is 0.770. The van der Waals surface area contributed by atoms with E-state index in [1.54, 1.807) is 17.0 Å². The summed E-state index contributed by atoms with van der Waals surface area (Å²) in [7, 11) is 0. The van der Waals surface area contributed by atoms with Gasteiger partial charge in [0.15, 0.2) is 11.5 Å². The molecule has 0 atom stereocenters. The second-order valence-electron chi connectivity index (χ2n) is 6.38. The number of nitrogens with one attached hydrogen (secondary N) is 2. The van der Waals surface area contributed by atoms with E-state index >= 15 is 0 Å². The molecule has 7 nitrogen and oxygen atoms in total. The lowest BCUT2D eigenvalue weighted by molar-refractivity contribution is -0.131. The van der Waals surface area contributed by atoms with E-state index in [1.165, 1.54) is 0 Å². The fourth-order valence-electron chi connectivity index (χ4n) is 2.92. The molecule has 0 fully saturated rings. The first-order chi connectivity index (χ1) is 13.7. The molecule has 1 aliphatic rings. The molecule has 28 heavy (non-hydrogen) atoms. The first kappa shape index (κ1) is 19.5. The Labute approximate surface area is 164 Å². The first-order valence-corrected chi connectivity index (χ1v) is 9.42. The molecule has 0 aromatic heterocycles. The Balaban J connectivity index is 1.46. The molecule has 1 aliphatic heterocycles. The zero-order chi connectivity index (χ0) is 19.8. The summed E-state index contributed by atoms with van der Waals surface area (Å²) in [5.41, 5.74) is 1.69. The van der Waals surface area contributed by atoms with Crippen LogP contribution in [-0.4, -0.2) is 43.1 Å². The number of anilines is 1. The smallest absolute Gasteiger partial charge is 0.319 e. The minimum absolute atomic E-state index is 0.0163. The molecule has 0 saturated carbocycles. The number of urea groups is 1. The number of rotatable bonds is 7. The van der Waals surface area contributed by atoms with Gasteiger partial charge in [0.25, 0.3) is 0 Å². The zero-order valence-corrected chi connectivity index (χ0v) is 15.9. The van der Waals surface area contributed by atoms with Gasteiger partial charge < -0.3 is 25.0 Å². The SMILES string of the molecule is CCN(Cc1ccc2c(c1)OCCO2)C(=O)CCNC(=O)Nc1ccccc1. The van der Waals surface area contributed by atoms with Crippen molar-refractivity contribution in [3.8, 4) is 11.5 Å². The number of carbonyl (C=O) groups is 2. The van der Waals surface area contributed by atoms with Crippen molar-refractivity contribution in [1.29, 1.82) is 0 Å². The second kappa shape index (κ2) is 9.64. The van der Waals surface area contributed by atoms with Gasteiger partial charge in [0.2, 0.25) is 5.91 Å². The van der Waals surface area contributed by atoms with Crippen molar-refractivity contribution in [3.63, 3.8) is 0 Å². The summed E-state index contributed by atoms with van der Waals surface area (Å²) in [4.78, 5) is 26.1. The van der Waals surface area contributed by atoms with Crippen molar-refractivity contribution in [2.24, 2.45) is 0 Å². The van der Waals surface area contributed by atoms with Crippen molar-refractivity contribution in [3.05, 3.63) is 54.1 Å². The van der Waals surface area contributed by atoms with Gasteiger partial charge in [-0.05, 0) is 36.8 Å². The fourth-order valence-corrected chi connectivity index (χ4v) is 2.92. The van der Waals surface area contributed by atoms with Crippen LogP contribution >= 0.6 is 0 Å². The van der Waals surface area contributed by atoms with E-state index < -0.39 is 0 Å². The second-order valence-corrected chi connectivity index (χ2v) is 6.38. The number of hydrogen-bond donors (Lipinski definition) is 2. The van der Waals surface area contributed by atoms with Crippen molar-refractivity contribution in [2.75, 3.05) is 31.6 Å². The Morgan fingerprint density at radius 3 is 2.54 bits per heavy atom. The van der Waals surface area contributed by atoms with Crippen LogP contribution in [0.3, 0.4) is 0 Å². The summed E-state index contributed by atoms with van der Waals surface area (Å²) < 4.78 is 11.1. The lowest BCUT2D eigenvalue weighted by Crippen LogP contribution is -2.35. The van der Waals surface area contributed by atoms with E-state index in [9.17, 15) is 9.59 Å². The molecular weight excluding hydrogens is 358 g/mol. The molecular formula is C21H25N3O4. The standard InChI is InChI=1S/C21H25N3O4/c1-2-24(15-16-8-9-18-19(14-16)28-13-12-27-18)20(25)10-11-22-21(26)23-17-6-4-3-5-7-17/h3-9,14H,2,10-13,15H2,1H3,(H2,22,23,26). The van der Waals surface area contributed by atoms with Crippen LogP contribution in [0.1, 0.15) is 18.9 Å². The number of fused-ring (bicyclic) bond motifs is 1. The Morgan fingerprint density at radius 2 is 1.79 bits per heavy atom. The number of para-hydroxylation sites is 1. The van der Waals surface area contributed by atoms with E-state index in [0.29, 0.717) is 37.7 Å². The lowest BCUT2D eigenvalue weighted by Gasteiger charge is -2.23. The molecule has 2 aromatic carbocycles. The predicted molar refractivity (Wildman–Crippen MR) is 107 cm³/mol. The average Bonchev–Trinajstić information content (AvgIpc) is 2.72. The van der Waals surface area contributed by atoms with Crippen LogP contribution in [0.4, 0.5) is 10.5 Å². The minimum Gasteiger partial charge on any atom is -0.486 e. The first-order valence-electron chi connectivity index (χ1n) is 9.42. The van der Waals surface area contributed by atoms with Gasteiger partial charge in [0.1, 0.15) is 13.2 Å². The van der Waals surface area contributed by atoms with Gasteiger partial charge in [-0.1, -0.05) is 24.3 Å². The summed E-state index contributed by atoms with van der Waals surface area (Å²) in [6, 6.07) is 14.6. The maximum absolute atomic E-state index is 12.5. The third kappa shape index (κ3) is 5.39. The molecule has 0 unspecified atom stereocenters. The Morgan fingerprint density at radius 1 is 1.04 bits per heavy atom. The largest absolute Gasteiger partial charge is 0.486 e. The van der Waals surface area contributed by atoms with Gasteiger partial charge in [0, 0.05) is 31.7 Å². The number of hydrogen-bond acceptors (Lipinski definition) is 4. The van der Waals surface area contributed by atoms with Crippen LogP contribution in [0.5, 0.6) is 11.5 Å². The fraction of sp³-hybridized carbons (Fsp3) is 0.333.